The molecule has 0 aliphatic carbocycles. The van der Waals surface area contributed by atoms with Crippen LogP contribution in [0.15, 0.2) is 0 Å². The van der Waals surface area contributed by atoms with Gasteiger partial charge >= 0.3 is 18.1 Å². The van der Waals surface area contributed by atoms with Crippen molar-refractivity contribution in [3.05, 3.63) is 0 Å². The highest BCUT2D eigenvalue weighted by Crippen LogP contribution is 2.22. The molecule has 0 heterocycles. The van der Waals surface area contributed by atoms with E-state index in [9.17, 15) is 0 Å². The molecule has 0 aromatic heterocycles. The van der Waals surface area contributed by atoms with E-state index in [1.807, 2.05) is 48.5 Å². The minimum Gasteiger partial charge on any atom is -0.351 e. The molecule has 0 spiro atoms. The monoisotopic (exact) mass is 400 g/mol. The first-order chi connectivity index (χ1) is 12.0. The molecule has 0 saturated heterocycles. The van der Waals surface area contributed by atoms with Gasteiger partial charge in [-0.1, -0.05) is 6.92 Å². The van der Waals surface area contributed by atoms with Crippen molar-refractivity contribution in [2.45, 2.75) is 61.2 Å². The predicted octanol–water partition coefficient (Wildman–Crippen LogP) is 2.85. The van der Waals surface area contributed by atoms with E-state index in [0.717, 1.165) is 0 Å². The number of rotatable bonds is 17. The Labute approximate surface area is 155 Å². The average molecular weight is 401 g/mol. The molecule has 0 bridgehead atoms. The van der Waals surface area contributed by atoms with Crippen molar-refractivity contribution < 1.29 is 35.4 Å². The van der Waals surface area contributed by atoms with Crippen LogP contribution in [-0.4, -0.2) is 64.0 Å². The van der Waals surface area contributed by atoms with Crippen LogP contribution in [0.25, 0.3) is 0 Å². The first-order valence-electron chi connectivity index (χ1n) is 9.19. The van der Waals surface area contributed by atoms with Crippen LogP contribution < -0.4 is 0 Å². The topological polar surface area (TPSA) is 73.8 Å². The van der Waals surface area contributed by atoms with Gasteiger partial charge in [-0.05, 0) is 48.0 Å². The van der Waals surface area contributed by atoms with Crippen molar-refractivity contribution in [2.24, 2.45) is 0 Å². The van der Waals surface area contributed by atoms with Crippen molar-refractivity contribution >= 4 is 18.1 Å². The fraction of sp³-hybridized carbons (Fsp3) is 1.00. The maximum atomic E-state index is 6.05. The van der Waals surface area contributed by atoms with Gasteiger partial charge in [-0.25, -0.2) is 0 Å². The van der Waals surface area contributed by atoms with Crippen molar-refractivity contribution in [2.75, 3.05) is 39.6 Å². The van der Waals surface area contributed by atoms with Gasteiger partial charge in [-0.3, -0.25) is 0 Å². The van der Waals surface area contributed by atoms with Gasteiger partial charge < -0.3 is 35.4 Å². The molecule has 25 heavy (non-hydrogen) atoms. The zero-order chi connectivity index (χ0) is 19.2. The van der Waals surface area contributed by atoms with E-state index >= 15 is 0 Å². The lowest BCUT2D eigenvalue weighted by molar-refractivity contribution is -0.153. The number of hydrogen-bond donors (Lipinski definition) is 0. The van der Waals surface area contributed by atoms with Gasteiger partial charge in [0.2, 0.25) is 0 Å². The van der Waals surface area contributed by atoms with Crippen molar-refractivity contribution in [1.29, 1.82) is 0 Å². The molecule has 10 heteroatoms. The molecule has 0 aromatic rings. The summed E-state index contributed by atoms with van der Waals surface area (Å²) >= 11 is 0. The summed E-state index contributed by atoms with van der Waals surface area (Å²) in [5.41, 5.74) is 0. The van der Waals surface area contributed by atoms with Gasteiger partial charge in [0, 0.05) is 39.6 Å². The highest BCUT2D eigenvalue weighted by Gasteiger charge is 2.52. The fourth-order valence-electron chi connectivity index (χ4n) is 2.03. The van der Waals surface area contributed by atoms with Gasteiger partial charge in [0.25, 0.3) is 0 Å². The van der Waals surface area contributed by atoms with Crippen LogP contribution in [-0.2, 0) is 35.4 Å². The Morgan fingerprint density at radius 2 is 0.720 bits per heavy atom. The molecule has 0 amide bonds. The SMILES string of the molecule is CCO[Si](OCC)(OCC)OC(CC)O[Si](OCC)(OCC)OCC. The van der Waals surface area contributed by atoms with Crippen LogP contribution in [0.1, 0.15) is 54.9 Å². The van der Waals surface area contributed by atoms with E-state index in [1.165, 1.54) is 0 Å². The third kappa shape index (κ3) is 9.04. The van der Waals surface area contributed by atoms with Crippen LogP contribution >= 0.6 is 0 Å². The summed E-state index contributed by atoms with van der Waals surface area (Å²) in [5, 5.41) is 0. The largest absolute Gasteiger partial charge is 0.681 e. The lowest BCUT2D eigenvalue weighted by atomic mass is 10.5. The molecule has 0 saturated carbocycles. The molecule has 0 aromatic carbocycles. The summed E-state index contributed by atoms with van der Waals surface area (Å²) in [6.07, 6.45) is -0.156. The first-order valence-corrected chi connectivity index (χ1v) is 12.5. The zero-order valence-electron chi connectivity index (χ0n) is 16.8. The molecule has 0 rings (SSSR count). The minimum absolute atomic E-state index is 0.410. The van der Waals surface area contributed by atoms with E-state index in [-0.39, 0.29) is 0 Å². The van der Waals surface area contributed by atoms with Gasteiger partial charge in [-0.15, -0.1) is 0 Å². The predicted molar refractivity (Wildman–Crippen MR) is 97.5 cm³/mol. The third-order valence-electron chi connectivity index (χ3n) is 2.81. The summed E-state index contributed by atoms with van der Waals surface area (Å²) in [5.74, 6) is 0. The van der Waals surface area contributed by atoms with E-state index in [1.54, 1.807) is 0 Å². The van der Waals surface area contributed by atoms with Crippen LogP contribution in [0, 0.1) is 0 Å². The molecule has 0 fully saturated rings. The molecular weight excluding hydrogens is 364 g/mol. The molecule has 0 aliphatic heterocycles. The molecule has 0 aliphatic rings. The molecule has 0 N–H and O–H groups in total. The smallest absolute Gasteiger partial charge is 0.351 e. The Kier molecular flexibility index (Phi) is 14.3. The van der Waals surface area contributed by atoms with Crippen molar-refractivity contribution in [3.8, 4) is 0 Å². The summed E-state index contributed by atoms with van der Waals surface area (Å²) in [7, 11) is -6.64. The Bertz CT molecular complexity index is 260. The summed E-state index contributed by atoms with van der Waals surface area (Å²) in [6, 6.07) is 0. The van der Waals surface area contributed by atoms with Gasteiger partial charge in [0.15, 0.2) is 0 Å². The van der Waals surface area contributed by atoms with E-state index in [4.69, 9.17) is 35.4 Å². The zero-order valence-corrected chi connectivity index (χ0v) is 18.8. The van der Waals surface area contributed by atoms with Gasteiger partial charge in [-0.2, -0.15) is 0 Å². The van der Waals surface area contributed by atoms with Gasteiger partial charge in [0.05, 0.1) is 0 Å². The molecular formula is C15H36O8Si2. The summed E-state index contributed by atoms with van der Waals surface area (Å²) in [4.78, 5) is 0. The molecule has 0 unspecified atom stereocenters. The maximum absolute atomic E-state index is 6.05. The van der Waals surface area contributed by atoms with Crippen LogP contribution in [0.4, 0.5) is 0 Å². The van der Waals surface area contributed by atoms with Crippen LogP contribution in [0.3, 0.4) is 0 Å². The molecule has 8 nitrogen and oxygen atoms in total. The summed E-state index contributed by atoms with van der Waals surface area (Å²) < 4.78 is 46.4. The first kappa shape index (κ1) is 25.1. The molecule has 0 atom stereocenters. The highest BCUT2D eigenvalue weighted by molar-refractivity contribution is 6.54. The fourth-order valence-corrected chi connectivity index (χ4v) is 6.23. The molecule has 152 valence electrons. The lowest BCUT2D eigenvalue weighted by Crippen LogP contribution is -2.56. The highest BCUT2D eigenvalue weighted by atomic mass is 28.4. The van der Waals surface area contributed by atoms with Gasteiger partial charge in [0.1, 0.15) is 6.29 Å². The van der Waals surface area contributed by atoms with E-state index < -0.39 is 24.4 Å². The standard InChI is InChI=1S/C15H36O8Si2/c1-8-15(22-24(16-9-2,17-10-3)18-11-4)23-25(19-12-5,20-13-6)21-14-7/h15H,8-14H2,1-7H3. The Balaban J connectivity index is 5.33. The maximum Gasteiger partial charge on any atom is 0.681 e. The molecule has 0 radical (unpaired) electrons. The average Bonchev–Trinajstić information content (AvgIpc) is 2.55. The normalized spacial score (nSPS) is 13.0. The number of hydrogen-bond acceptors (Lipinski definition) is 8. The minimum atomic E-state index is -3.32. The van der Waals surface area contributed by atoms with E-state index in [2.05, 4.69) is 0 Å². The third-order valence-corrected chi connectivity index (χ3v) is 7.77. The Morgan fingerprint density at radius 3 is 0.880 bits per heavy atom. The van der Waals surface area contributed by atoms with Crippen LogP contribution in [0.2, 0.25) is 0 Å². The second-order valence-electron chi connectivity index (χ2n) is 4.67. The quantitative estimate of drug-likeness (QED) is 0.273. The summed E-state index contributed by atoms with van der Waals surface area (Å²) in [6.45, 7) is 15.6. The second kappa shape index (κ2) is 14.2. The Morgan fingerprint density at radius 1 is 0.480 bits per heavy atom. The van der Waals surface area contributed by atoms with Crippen molar-refractivity contribution in [3.63, 3.8) is 0 Å². The van der Waals surface area contributed by atoms with Crippen molar-refractivity contribution in [1.82, 2.24) is 0 Å². The second-order valence-corrected chi connectivity index (χ2v) is 8.88. The lowest BCUT2D eigenvalue weighted by Gasteiger charge is -2.34. The van der Waals surface area contributed by atoms with Crippen LogP contribution in [0.5, 0.6) is 0 Å². The van der Waals surface area contributed by atoms with E-state index in [0.29, 0.717) is 46.1 Å². The Hall–Kier alpha value is 0.114.